The molecule has 0 fully saturated rings. The van der Waals surface area contributed by atoms with Crippen LogP contribution in [0.25, 0.3) is 0 Å². The Bertz CT molecular complexity index is 620. The standard InChI is InChI=1S/C14H11N3O2/c15-9-12-11(7-4-8-16-12)17-13(14(18)19)10-5-2-1-3-6-10/h1-8,13,17H,(H,18,19). The summed E-state index contributed by atoms with van der Waals surface area (Å²) in [5.41, 5.74) is 1.19. The fraction of sp³-hybridized carbons (Fsp3) is 0.0714. The molecule has 2 N–H and O–H groups in total. The molecule has 0 saturated heterocycles. The first-order valence-corrected chi connectivity index (χ1v) is 5.62. The summed E-state index contributed by atoms with van der Waals surface area (Å²) in [6, 6.07) is 13.1. The number of nitrogens with zero attached hydrogens (tertiary/aromatic N) is 2. The van der Waals surface area contributed by atoms with E-state index in [1.165, 1.54) is 6.20 Å². The maximum Gasteiger partial charge on any atom is 0.330 e. The fourth-order valence-corrected chi connectivity index (χ4v) is 1.70. The van der Waals surface area contributed by atoms with Crippen molar-refractivity contribution in [2.24, 2.45) is 0 Å². The number of nitrogens with one attached hydrogen (secondary N) is 1. The van der Waals surface area contributed by atoms with Crippen molar-refractivity contribution in [1.29, 1.82) is 5.26 Å². The number of carboxylic acids is 1. The molecule has 5 nitrogen and oxygen atoms in total. The largest absolute Gasteiger partial charge is 0.479 e. The second-order valence-corrected chi connectivity index (χ2v) is 3.84. The van der Waals surface area contributed by atoms with E-state index < -0.39 is 12.0 Å². The van der Waals surface area contributed by atoms with Crippen LogP contribution in [0.4, 0.5) is 5.69 Å². The molecule has 1 aromatic heterocycles. The zero-order valence-corrected chi connectivity index (χ0v) is 9.95. The van der Waals surface area contributed by atoms with Crippen molar-refractivity contribution in [1.82, 2.24) is 4.98 Å². The second kappa shape index (κ2) is 5.65. The Hall–Kier alpha value is -2.87. The Kier molecular flexibility index (Phi) is 3.74. The summed E-state index contributed by atoms with van der Waals surface area (Å²) in [5.74, 6) is -1.01. The number of hydrogen-bond acceptors (Lipinski definition) is 4. The molecule has 0 aliphatic heterocycles. The van der Waals surface area contributed by atoms with Gasteiger partial charge in [-0.2, -0.15) is 5.26 Å². The lowest BCUT2D eigenvalue weighted by molar-refractivity contribution is -0.138. The average Bonchev–Trinajstić information content (AvgIpc) is 2.45. The highest BCUT2D eigenvalue weighted by molar-refractivity contribution is 5.79. The van der Waals surface area contributed by atoms with E-state index in [1.54, 1.807) is 36.4 Å². The first kappa shape index (κ1) is 12.6. The predicted molar refractivity (Wildman–Crippen MR) is 69.4 cm³/mol. The lowest BCUT2D eigenvalue weighted by Crippen LogP contribution is -2.21. The van der Waals surface area contributed by atoms with Gasteiger partial charge in [0, 0.05) is 6.20 Å². The van der Waals surface area contributed by atoms with Crippen LogP contribution in [0.2, 0.25) is 0 Å². The third kappa shape index (κ3) is 2.87. The molecule has 0 saturated carbocycles. The number of carbonyl (C=O) groups is 1. The molecule has 0 amide bonds. The Balaban J connectivity index is 2.33. The molecule has 94 valence electrons. The van der Waals surface area contributed by atoms with Gasteiger partial charge in [-0.15, -0.1) is 0 Å². The third-order valence-corrected chi connectivity index (χ3v) is 2.59. The molecule has 0 aliphatic rings. The van der Waals surface area contributed by atoms with Crippen LogP contribution in [-0.4, -0.2) is 16.1 Å². The van der Waals surface area contributed by atoms with Gasteiger partial charge in [0.25, 0.3) is 0 Å². The minimum absolute atomic E-state index is 0.171. The smallest absolute Gasteiger partial charge is 0.330 e. The first-order valence-electron chi connectivity index (χ1n) is 5.62. The number of aliphatic carboxylic acids is 1. The zero-order valence-electron chi connectivity index (χ0n) is 9.95. The van der Waals surface area contributed by atoms with Crippen molar-refractivity contribution in [3.05, 3.63) is 59.9 Å². The van der Waals surface area contributed by atoms with Gasteiger partial charge >= 0.3 is 5.97 Å². The summed E-state index contributed by atoms with van der Waals surface area (Å²) in [4.78, 5) is 15.2. The van der Waals surface area contributed by atoms with Gasteiger partial charge in [-0.3, -0.25) is 0 Å². The number of anilines is 1. The Morgan fingerprint density at radius 3 is 2.63 bits per heavy atom. The van der Waals surface area contributed by atoms with Crippen LogP contribution in [-0.2, 0) is 4.79 Å². The molecule has 1 heterocycles. The lowest BCUT2D eigenvalue weighted by atomic mass is 10.1. The normalized spacial score (nSPS) is 11.3. The number of carboxylic acid groups (broad SMARTS) is 1. The summed E-state index contributed by atoms with van der Waals surface area (Å²) in [6.45, 7) is 0. The van der Waals surface area contributed by atoms with Crippen LogP contribution < -0.4 is 5.32 Å². The molecule has 19 heavy (non-hydrogen) atoms. The van der Waals surface area contributed by atoms with Crippen molar-refractivity contribution in [2.45, 2.75) is 6.04 Å². The fourth-order valence-electron chi connectivity index (χ4n) is 1.70. The number of hydrogen-bond donors (Lipinski definition) is 2. The van der Waals surface area contributed by atoms with Crippen molar-refractivity contribution in [2.75, 3.05) is 5.32 Å². The van der Waals surface area contributed by atoms with E-state index in [1.807, 2.05) is 12.1 Å². The molecule has 2 aromatic rings. The average molecular weight is 253 g/mol. The number of nitriles is 1. The SMILES string of the molecule is N#Cc1ncccc1NC(C(=O)O)c1ccccc1. The summed E-state index contributed by atoms with van der Waals surface area (Å²) < 4.78 is 0. The monoisotopic (exact) mass is 253 g/mol. The number of rotatable bonds is 4. The minimum atomic E-state index is -1.01. The molecule has 0 spiro atoms. The molecule has 1 atom stereocenters. The number of benzene rings is 1. The summed E-state index contributed by atoms with van der Waals surface area (Å²) in [6.07, 6.45) is 1.49. The summed E-state index contributed by atoms with van der Waals surface area (Å²) in [7, 11) is 0. The lowest BCUT2D eigenvalue weighted by Gasteiger charge is -2.16. The van der Waals surface area contributed by atoms with Crippen LogP contribution in [0.5, 0.6) is 0 Å². The summed E-state index contributed by atoms with van der Waals surface area (Å²) in [5, 5.41) is 21.1. The van der Waals surface area contributed by atoms with Gasteiger partial charge in [-0.05, 0) is 17.7 Å². The summed E-state index contributed by atoms with van der Waals surface area (Å²) >= 11 is 0. The van der Waals surface area contributed by atoms with Crippen LogP contribution >= 0.6 is 0 Å². The molecule has 1 unspecified atom stereocenters. The highest BCUT2D eigenvalue weighted by atomic mass is 16.4. The third-order valence-electron chi connectivity index (χ3n) is 2.59. The van der Waals surface area contributed by atoms with E-state index in [-0.39, 0.29) is 5.69 Å². The Morgan fingerprint density at radius 1 is 1.26 bits per heavy atom. The van der Waals surface area contributed by atoms with E-state index in [9.17, 15) is 9.90 Å². The number of pyridine rings is 1. The van der Waals surface area contributed by atoms with Gasteiger partial charge in [0.1, 0.15) is 6.07 Å². The topological polar surface area (TPSA) is 86.0 Å². The van der Waals surface area contributed by atoms with Crippen LogP contribution in [0.1, 0.15) is 17.3 Å². The molecule has 1 aromatic carbocycles. The van der Waals surface area contributed by atoms with Crippen LogP contribution in [0, 0.1) is 11.3 Å². The molecule has 0 bridgehead atoms. The molecule has 0 radical (unpaired) electrons. The highest BCUT2D eigenvalue weighted by Gasteiger charge is 2.20. The first-order chi connectivity index (χ1) is 9.22. The van der Waals surface area contributed by atoms with E-state index in [2.05, 4.69) is 10.3 Å². The number of aromatic nitrogens is 1. The molecule has 0 aliphatic carbocycles. The van der Waals surface area contributed by atoms with Crippen molar-refractivity contribution in [3.63, 3.8) is 0 Å². The van der Waals surface area contributed by atoms with Gasteiger partial charge in [-0.1, -0.05) is 30.3 Å². The van der Waals surface area contributed by atoms with Crippen LogP contribution in [0.15, 0.2) is 48.7 Å². The maximum absolute atomic E-state index is 11.3. The van der Waals surface area contributed by atoms with Gasteiger partial charge in [0.2, 0.25) is 0 Å². The van der Waals surface area contributed by atoms with Crippen LogP contribution in [0.3, 0.4) is 0 Å². The highest BCUT2D eigenvalue weighted by Crippen LogP contribution is 2.21. The Labute approximate surface area is 110 Å². The van der Waals surface area contributed by atoms with E-state index in [0.29, 0.717) is 11.3 Å². The zero-order chi connectivity index (χ0) is 13.7. The van der Waals surface area contributed by atoms with Gasteiger partial charge in [0.15, 0.2) is 11.7 Å². The molecular weight excluding hydrogens is 242 g/mol. The molecule has 2 rings (SSSR count). The van der Waals surface area contributed by atoms with Gasteiger partial charge in [0.05, 0.1) is 5.69 Å². The van der Waals surface area contributed by atoms with Crippen molar-refractivity contribution in [3.8, 4) is 6.07 Å². The minimum Gasteiger partial charge on any atom is -0.479 e. The quantitative estimate of drug-likeness (QED) is 0.872. The van der Waals surface area contributed by atoms with Gasteiger partial charge < -0.3 is 10.4 Å². The molecular formula is C14H11N3O2. The van der Waals surface area contributed by atoms with Crippen molar-refractivity contribution >= 4 is 11.7 Å². The van der Waals surface area contributed by atoms with Crippen molar-refractivity contribution < 1.29 is 9.90 Å². The Morgan fingerprint density at radius 2 is 2.00 bits per heavy atom. The second-order valence-electron chi connectivity index (χ2n) is 3.84. The van der Waals surface area contributed by atoms with E-state index in [4.69, 9.17) is 5.26 Å². The van der Waals surface area contributed by atoms with Gasteiger partial charge in [-0.25, -0.2) is 9.78 Å². The molecule has 5 heteroatoms. The maximum atomic E-state index is 11.3. The van der Waals surface area contributed by atoms with E-state index >= 15 is 0 Å². The van der Waals surface area contributed by atoms with E-state index in [0.717, 1.165) is 0 Å². The predicted octanol–water partition coefficient (Wildman–Crippen LogP) is 2.19.